The van der Waals surface area contributed by atoms with Crippen LogP contribution < -0.4 is 5.32 Å². The molecule has 5 rings (SSSR count). The van der Waals surface area contributed by atoms with Crippen molar-refractivity contribution in [3.63, 3.8) is 0 Å². The molecule has 230 valence electrons. The average Bonchev–Trinajstić information content (AvgIpc) is 3.68. The molecule has 1 amide bonds. The zero-order chi connectivity index (χ0) is 31.4. The van der Waals surface area contributed by atoms with Crippen molar-refractivity contribution < 1.29 is 13.2 Å². The van der Waals surface area contributed by atoms with Crippen molar-refractivity contribution in [1.29, 1.82) is 5.26 Å². The van der Waals surface area contributed by atoms with Crippen molar-refractivity contribution in [3.05, 3.63) is 66.2 Å². The molecule has 0 aliphatic carbocycles. The number of aromatic nitrogens is 6. The van der Waals surface area contributed by atoms with Gasteiger partial charge in [-0.25, -0.2) is 18.4 Å². The minimum atomic E-state index is -3.62. The molecular weight excluding hydrogens is 580 g/mol. The molecule has 1 N–H and O–H groups in total. The Labute approximate surface area is 257 Å². The second-order valence-electron chi connectivity index (χ2n) is 11.3. The van der Waals surface area contributed by atoms with Crippen molar-refractivity contribution in [2.24, 2.45) is 13.0 Å². The quantitative estimate of drug-likeness (QED) is 0.280. The minimum Gasteiger partial charge on any atom is -0.345 e. The summed E-state index contributed by atoms with van der Waals surface area (Å²) in [6, 6.07) is 10.8. The Morgan fingerprint density at radius 1 is 1.16 bits per heavy atom. The van der Waals surface area contributed by atoms with Gasteiger partial charge < -0.3 is 10.2 Å². The Bertz CT molecular complexity index is 1760. The Balaban J connectivity index is 1.25. The molecule has 1 aliphatic heterocycles. The number of hydrogen-bond donors (Lipinski definition) is 1. The third kappa shape index (κ3) is 6.79. The van der Waals surface area contributed by atoms with Crippen LogP contribution in [0.3, 0.4) is 0 Å². The molecule has 1 aliphatic rings. The number of benzene rings is 1. The van der Waals surface area contributed by atoms with Gasteiger partial charge in [0.05, 0.1) is 30.4 Å². The van der Waals surface area contributed by atoms with Crippen molar-refractivity contribution in [2.75, 3.05) is 32.5 Å². The topological polar surface area (TPSA) is 155 Å². The number of sulfonamides is 1. The van der Waals surface area contributed by atoms with Crippen LogP contribution in [-0.4, -0.2) is 80.2 Å². The normalized spacial score (nSPS) is 15.1. The van der Waals surface area contributed by atoms with Crippen molar-refractivity contribution >= 4 is 27.6 Å². The highest BCUT2D eigenvalue weighted by atomic mass is 32.2. The van der Waals surface area contributed by atoms with Crippen LogP contribution in [0.15, 0.2) is 60.1 Å². The maximum atomic E-state index is 13.0. The summed E-state index contributed by atoms with van der Waals surface area (Å²) in [5.41, 5.74) is 3.74. The fourth-order valence-electron chi connectivity index (χ4n) is 5.36. The summed E-state index contributed by atoms with van der Waals surface area (Å²) < 4.78 is 30.7. The van der Waals surface area contributed by atoms with E-state index in [0.29, 0.717) is 43.9 Å². The summed E-state index contributed by atoms with van der Waals surface area (Å²) in [7, 11) is 1.50. The van der Waals surface area contributed by atoms with Crippen LogP contribution in [-0.2, 0) is 17.1 Å². The summed E-state index contributed by atoms with van der Waals surface area (Å²) in [5.74, 6) is 0.592. The highest BCUT2D eigenvalue weighted by Gasteiger charge is 2.32. The molecule has 1 atom stereocenters. The first kappa shape index (κ1) is 30.8. The number of rotatable bonds is 10. The van der Waals surface area contributed by atoms with Gasteiger partial charge in [0.2, 0.25) is 5.95 Å². The molecule has 1 fully saturated rings. The van der Waals surface area contributed by atoms with E-state index in [-0.39, 0.29) is 29.3 Å². The van der Waals surface area contributed by atoms with E-state index in [1.165, 1.54) is 20.0 Å². The van der Waals surface area contributed by atoms with Crippen LogP contribution in [0.4, 0.5) is 11.6 Å². The Kier molecular flexibility index (Phi) is 9.07. The summed E-state index contributed by atoms with van der Waals surface area (Å²) in [4.78, 5) is 22.9. The van der Waals surface area contributed by atoms with E-state index in [0.717, 1.165) is 22.5 Å². The Morgan fingerprint density at radius 3 is 2.52 bits per heavy atom. The number of anilines is 2. The molecule has 14 heteroatoms. The smallest absolute Gasteiger partial charge is 0.262 e. The molecule has 0 saturated carbocycles. The van der Waals surface area contributed by atoms with E-state index in [2.05, 4.69) is 26.6 Å². The maximum absolute atomic E-state index is 13.0. The van der Waals surface area contributed by atoms with E-state index in [4.69, 9.17) is 4.98 Å². The molecule has 44 heavy (non-hydrogen) atoms. The predicted octanol–water partition coefficient (Wildman–Crippen LogP) is 3.77. The number of nitriles is 1. The molecule has 0 bridgehead atoms. The van der Waals surface area contributed by atoms with E-state index < -0.39 is 10.0 Å². The monoisotopic (exact) mass is 616 g/mol. The van der Waals surface area contributed by atoms with Crippen LogP contribution in [0.5, 0.6) is 0 Å². The second-order valence-corrected chi connectivity index (χ2v) is 13.1. The third-order valence-electron chi connectivity index (χ3n) is 7.81. The summed E-state index contributed by atoms with van der Waals surface area (Å²) in [5, 5.41) is 21.5. The van der Waals surface area contributed by atoms with Gasteiger partial charge in [0.1, 0.15) is 0 Å². The zero-order valence-electron chi connectivity index (χ0n) is 25.3. The Hall–Kier alpha value is -4.61. The van der Waals surface area contributed by atoms with Gasteiger partial charge in [0.25, 0.3) is 15.9 Å². The first-order chi connectivity index (χ1) is 21.0. The first-order valence-electron chi connectivity index (χ1n) is 14.4. The number of piperidine rings is 1. The lowest BCUT2D eigenvalue weighted by Gasteiger charge is -2.32. The van der Waals surface area contributed by atoms with Gasteiger partial charge in [-0.15, -0.1) is 0 Å². The molecule has 4 heterocycles. The van der Waals surface area contributed by atoms with E-state index in [1.54, 1.807) is 51.9 Å². The van der Waals surface area contributed by atoms with Gasteiger partial charge >= 0.3 is 0 Å². The fourth-order valence-corrected chi connectivity index (χ4v) is 6.78. The lowest BCUT2D eigenvalue weighted by atomic mass is 9.90. The number of hydrogen-bond acceptors (Lipinski definition) is 9. The highest BCUT2D eigenvalue weighted by molar-refractivity contribution is 7.89. The number of nitrogens with zero attached hydrogens (tertiary/aromatic N) is 9. The summed E-state index contributed by atoms with van der Waals surface area (Å²) >= 11 is 0. The molecule has 1 unspecified atom stereocenters. The largest absolute Gasteiger partial charge is 0.345 e. The fraction of sp³-hybridized carbons (Fsp3) is 0.400. The van der Waals surface area contributed by atoms with E-state index in [9.17, 15) is 18.5 Å². The second kappa shape index (κ2) is 12.9. The third-order valence-corrected chi connectivity index (χ3v) is 9.61. The van der Waals surface area contributed by atoms with Gasteiger partial charge in [0, 0.05) is 69.6 Å². The van der Waals surface area contributed by atoms with Crippen LogP contribution in [0, 0.1) is 24.2 Å². The van der Waals surface area contributed by atoms with Gasteiger partial charge in [-0.05, 0) is 68.0 Å². The molecule has 0 spiro atoms. The number of nitrogens with one attached hydrogen (secondary N) is 1. The van der Waals surface area contributed by atoms with Gasteiger partial charge in [-0.2, -0.15) is 19.8 Å². The van der Waals surface area contributed by atoms with Gasteiger partial charge in [-0.3, -0.25) is 14.2 Å². The molecule has 13 nitrogen and oxygen atoms in total. The average molecular weight is 617 g/mol. The summed E-state index contributed by atoms with van der Waals surface area (Å²) in [6.07, 6.45) is 9.42. The number of carbonyl (C=O) groups excluding carboxylic acids is 1. The van der Waals surface area contributed by atoms with Crippen LogP contribution in [0.1, 0.15) is 47.6 Å². The maximum Gasteiger partial charge on any atom is 0.262 e. The van der Waals surface area contributed by atoms with Crippen molar-refractivity contribution in [2.45, 2.75) is 43.7 Å². The first-order valence-corrected chi connectivity index (χ1v) is 15.8. The SMILES string of the molecule is Cc1cnc(Nc2ccc(C(=O)N(C)C)cc2)nc1-c1cnn(C(CC#N)CC2CCN(S(=O)(=O)c3ccn(C)n3)CC2)c1. The van der Waals surface area contributed by atoms with E-state index >= 15 is 0 Å². The predicted molar refractivity (Wildman–Crippen MR) is 164 cm³/mol. The Morgan fingerprint density at radius 2 is 1.89 bits per heavy atom. The van der Waals surface area contributed by atoms with Crippen molar-refractivity contribution in [1.82, 2.24) is 38.7 Å². The molecule has 4 aromatic rings. The lowest BCUT2D eigenvalue weighted by Crippen LogP contribution is -2.39. The molecular formula is C30H36N10O3S. The standard InChI is InChI=1S/C30H36N10O3S/c1-21-18-32-30(34-25-7-5-23(6-8-25)29(41)37(2)3)35-28(21)24-19-33-40(20-24)26(9-13-31)17-22-10-15-39(16-11-22)44(42,43)27-12-14-38(4)36-27/h5-8,12,14,18-20,22,26H,9-11,15-17H2,1-4H3,(H,32,34,35). The minimum absolute atomic E-state index is 0.0673. The lowest BCUT2D eigenvalue weighted by molar-refractivity contribution is 0.0827. The number of amides is 1. The highest BCUT2D eigenvalue weighted by Crippen LogP contribution is 2.32. The van der Waals surface area contributed by atoms with Crippen LogP contribution >= 0.6 is 0 Å². The summed E-state index contributed by atoms with van der Waals surface area (Å²) in [6.45, 7) is 2.76. The molecule has 1 aromatic carbocycles. The number of carbonyl (C=O) groups is 1. The molecule has 0 radical (unpaired) electrons. The van der Waals surface area contributed by atoms with E-state index in [1.807, 2.05) is 29.9 Å². The van der Waals surface area contributed by atoms with Crippen LogP contribution in [0.2, 0.25) is 0 Å². The molecule has 3 aromatic heterocycles. The van der Waals surface area contributed by atoms with Crippen LogP contribution in [0.25, 0.3) is 11.3 Å². The van der Waals surface area contributed by atoms with Gasteiger partial charge in [0.15, 0.2) is 5.03 Å². The molecule has 1 saturated heterocycles. The number of aryl methyl sites for hydroxylation is 2. The van der Waals surface area contributed by atoms with Crippen molar-refractivity contribution in [3.8, 4) is 17.3 Å². The van der Waals surface area contributed by atoms with Gasteiger partial charge in [-0.1, -0.05) is 0 Å². The zero-order valence-corrected chi connectivity index (χ0v) is 26.1.